The summed E-state index contributed by atoms with van der Waals surface area (Å²) in [5.74, 6) is 0.817. The largest absolute Gasteiger partial charge is 0.493 e. The Morgan fingerprint density at radius 2 is 2.13 bits per heavy atom. The topological polar surface area (TPSA) is 84.2 Å². The average Bonchev–Trinajstić information content (AvgIpc) is 3.17. The van der Waals surface area contributed by atoms with Crippen LogP contribution in [0.1, 0.15) is 5.56 Å². The Morgan fingerprint density at radius 1 is 1.32 bits per heavy atom. The molecule has 9 nitrogen and oxygen atoms in total. The number of alkyl halides is 2. The molecule has 1 N–H and O–H groups in total. The van der Waals surface area contributed by atoms with Gasteiger partial charge in [-0.15, -0.1) is 0 Å². The summed E-state index contributed by atoms with van der Waals surface area (Å²) in [6.45, 7) is -1.08. The number of methoxy groups -OCH3 is 1. The molecule has 0 bridgehead atoms. The molecule has 1 saturated heterocycles. The number of anilines is 1. The fraction of sp³-hybridized carbons (Fsp3) is 0.450. The van der Waals surface area contributed by atoms with Crippen molar-refractivity contribution in [1.82, 2.24) is 20.0 Å². The van der Waals surface area contributed by atoms with E-state index in [1.165, 1.54) is 13.2 Å². The minimum absolute atomic E-state index is 0.00324. The van der Waals surface area contributed by atoms with Crippen LogP contribution in [0.25, 0.3) is 0 Å². The summed E-state index contributed by atoms with van der Waals surface area (Å²) in [7, 11) is 4.86. The zero-order chi connectivity index (χ0) is 22.4. The molecule has 0 spiro atoms. The number of aliphatic imine (C=N–C) groups is 1. The molecule has 1 aromatic carbocycles. The van der Waals surface area contributed by atoms with Crippen molar-refractivity contribution in [2.24, 2.45) is 12.0 Å². The number of nitrogens with zero attached hydrogens (tertiary/aromatic N) is 5. The second kappa shape index (κ2) is 10.1. The predicted octanol–water partition coefficient (Wildman–Crippen LogP) is 1.50. The van der Waals surface area contributed by atoms with E-state index in [-0.39, 0.29) is 24.0 Å². The molecule has 2 heterocycles. The van der Waals surface area contributed by atoms with Gasteiger partial charge in [-0.25, -0.2) is 0 Å². The van der Waals surface area contributed by atoms with Crippen LogP contribution in [-0.2, 0) is 18.3 Å². The first-order valence-corrected chi connectivity index (χ1v) is 9.77. The van der Waals surface area contributed by atoms with Gasteiger partial charge in [-0.3, -0.25) is 14.5 Å². The van der Waals surface area contributed by atoms with Crippen molar-refractivity contribution in [3.63, 3.8) is 0 Å². The Hall–Kier alpha value is -3.37. The summed E-state index contributed by atoms with van der Waals surface area (Å²) in [6, 6.07) is 4.92. The minimum atomic E-state index is -2.93. The predicted molar refractivity (Wildman–Crippen MR) is 112 cm³/mol. The van der Waals surface area contributed by atoms with Crippen LogP contribution in [0.15, 0.2) is 35.6 Å². The van der Waals surface area contributed by atoms with Gasteiger partial charge in [0, 0.05) is 39.9 Å². The van der Waals surface area contributed by atoms with E-state index >= 15 is 0 Å². The number of carbonyl (C=O) groups excluding carboxylic acids is 1. The number of hydrogen-bond acceptors (Lipinski definition) is 5. The Morgan fingerprint density at radius 3 is 2.74 bits per heavy atom. The van der Waals surface area contributed by atoms with Crippen molar-refractivity contribution in [1.29, 1.82) is 0 Å². The molecule has 1 aliphatic rings. The van der Waals surface area contributed by atoms with Gasteiger partial charge in [0.1, 0.15) is 6.54 Å². The summed E-state index contributed by atoms with van der Waals surface area (Å²) in [4.78, 5) is 20.4. The van der Waals surface area contributed by atoms with E-state index in [0.29, 0.717) is 32.0 Å². The van der Waals surface area contributed by atoms with Crippen molar-refractivity contribution in [3.05, 3.63) is 36.2 Å². The highest BCUT2D eigenvalue weighted by Crippen LogP contribution is 2.29. The van der Waals surface area contributed by atoms with E-state index in [2.05, 4.69) is 20.1 Å². The molecule has 1 aromatic heterocycles. The Labute approximate surface area is 179 Å². The number of amides is 1. The summed E-state index contributed by atoms with van der Waals surface area (Å²) in [5.41, 5.74) is 1.58. The molecule has 2 aromatic rings. The van der Waals surface area contributed by atoms with Crippen LogP contribution in [0.2, 0.25) is 0 Å². The van der Waals surface area contributed by atoms with Gasteiger partial charge in [-0.2, -0.15) is 13.9 Å². The lowest BCUT2D eigenvalue weighted by molar-refractivity contribution is -0.120. The molecule has 31 heavy (non-hydrogen) atoms. The quantitative estimate of drug-likeness (QED) is 0.523. The molecule has 0 aliphatic carbocycles. The van der Waals surface area contributed by atoms with Gasteiger partial charge in [0.15, 0.2) is 17.5 Å². The summed E-state index contributed by atoms with van der Waals surface area (Å²) < 4.78 is 36.4. The number of ether oxygens (including phenoxy) is 2. The zero-order valence-corrected chi connectivity index (χ0v) is 17.7. The molecular formula is C20H26F2N6O3. The third-order valence-electron chi connectivity index (χ3n) is 4.88. The highest BCUT2D eigenvalue weighted by Gasteiger charge is 2.27. The van der Waals surface area contributed by atoms with Crippen molar-refractivity contribution < 1.29 is 23.0 Å². The minimum Gasteiger partial charge on any atom is -0.493 e. The fourth-order valence-electron chi connectivity index (χ4n) is 3.39. The van der Waals surface area contributed by atoms with Crippen molar-refractivity contribution in [2.45, 2.75) is 13.0 Å². The highest BCUT2D eigenvalue weighted by atomic mass is 19.3. The van der Waals surface area contributed by atoms with Crippen LogP contribution in [0.4, 0.5) is 14.5 Å². The molecule has 168 valence electrons. The van der Waals surface area contributed by atoms with Gasteiger partial charge < -0.3 is 24.6 Å². The van der Waals surface area contributed by atoms with Gasteiger partial charge in [0.05, 0.1) is 19.0 Å². The summed E-state index contributed by atoms with van der Waals surface area (Å²) >= 11 is 0. The normalized spacial score (nSPS) is 14.9. The third-order valence-corrected chi connectivity index (χ3v) is 4.88. The van der Waals surface area contributed by atoms with E-state index in [0.717, 1.165) is 11.3 Å². The standard InChI is InChI=1S/C20H26F2N6O3/c1-23-20(27-8-9-28(18(29)13-27)15-11-25-26(2)12-15)24-7-6-14-4-5-16(30-3)17(10-14)31-19(21)22/h4-5,10-12,19H,6-9,13H2,1-3H3,(H,23,24). The molecule has 0 radical (unpaired) electrons. The molecule has 3 rings (SSSR count). The number of piperazine rings is 1. The number of carbonyl (C=O) groups is 1. The molecule has 0 atom stereocenters. The molecule has 1 aliphatic heterocycles. The number of rotatable bonds is 7. The maximum atomic E-state index is 12.6. The molecular weight excluding hydrogens is 410 g/mol. The second-order valence-electron chi connectivity index (χ2n) is 6.93. The molecule has 1 amide bonds. The number of benzene rings is 1. The van der Waals surface area contributed by atoms with Crippen LogP contribution in [0, 0.1) is 0 Å². The number of nitrogens with one attached hydrogen (secondary N) is 1. The zero-order valence-electron chi connectivity index (χ0n) is 17.7. The number of aromatic nitrogens is 2. The smallest absolute Gasteiger partial charge is 0.387 e. The monoisotopic (exact) mass is 436 g/mol. The maximum Gasteiger partial charge on any atom is 0.387 e. The Bertz CT molecular complexity index is 933. The van der Waals surface area contributed by atoms with Gasteiger partial charge >= 0.3 is 6.61 Å². The summed E-state index contributed by atoms with van der Waals surface area (Å²) in [5, 5.41) is 7.34. The van der Waals surface area contributed by atoms with Crippen molar-refractivity contribution in [3.8, 4) is 11.5 Å². The SMILES string of the molecule is CN=C(NCCc1ccc(OC)c(OC(F)F)c1)N1CCN(c2cnn(C)c2)C(=O)C1. The third kappa shape index (κ3) is 5.62. The lowest BCUT2D eigenvalue weighted by Crippen LogP contribution is -2.55. The molecule has 1 fully saturated rings. The van der Waals surface area contributed by atoms with E-state index in [9.17, 15) is 13.6 Å². The Kier molecular flexibility index (Phi) is 7.27. The van der Waals surface area contributed by atoms with Crippen LogP contribution < -0.4 is 19.7 Å². The number of aryl methyl sites for hydroxylation is 1. The van der Waals surface area contributed by atoms with E-state index in [4.69, 9.17) is 4.74 Å². The first-order chi connectivity index (χ1) is 14.9. The van der Waals surface area contributed by atoms with E-state index in [1.807, 2.05) is 11.1 Å². The highest BCUT2D eigenvalue weighted by molar-refractivity contribution is 5.98. The van der Waals surface area contributed by atoms with Crippen molar-refractivity contribution in [2.75, 3.05) is 45.2 Å². The van der Waals surface area contributed by atoms with E-state index < -0.39 is 6.61 Å². The first-order valence-electron chi connectivity index (χ1n) is 9.77. The second-order valence-corrected chi connectivity index (χ2v) is 6.93. The number of halogens is 2. The van der Waals surface area contributed by atoms with Gasteiger partial charge in [0.25, 0.3) is 0 Å². The van der Waals surface area contributed by atoms with Gasteiger partial charge in [-0.05, 0) is 24.1 Å². The summed E-state index contributed by atoms with van der Waals surface area (Å²) in [6.07, 6.45) is 4.02. The van der Waals surface area contributed by atoms with Gasteiger partial charge in [0.2, 0.25) is 5.91 Å². The average molecular weight is 436 g/mol. The maximum absolute atomic E-state index is 12.6. The first kappa shape index (κ1) is 22.3. The lowest BCUT2D eigenvalue weighted by Gasteiger charge is -2.35. The van der Waals surface area contributed by atoms with Crippen LogP contribution in [0.3, 0.4) is 0 Å². The molecule has 0 unspecified atom stereocenters. The number of guanidine groups is 1. The van der Waals surface area contributed by atoms with Crippen molar-refractivity contribution >= 4 is 17.6 Å². The fourth-order valence-corrected chi connectivity index (χ4v) is 3.39. The van der Waals surface area contributed by atoms with Crippen LogP contribution in [0.5, 0.6) is 11.5 Å². The Balaban J connectivity index is 1.55. The number of hydrogen-bond donors (Lipinski definition) is 1. The lowest BCUT2D eigenvalue weighted by atomic mass is 10.1. The van der Waals surface area contributed by atoms with Crippen LogP contribution in [-0.4, -0.2) is 73.5 Å². The molecule has 0 saturated carbocycles. The van der Waals surface area contributed by atoms with E-state index in [1.54, 1.807) is 42.0 Å². The van der Waals surface area contributed by atoms with Gasteiger partial charge in [-0.1, -0.05) is 6.07 Å². The molecule has 11 heteroatoms. The van der Waals surface area contributed by atoms with Crippen LogP contribution >= 0.6 is 0 Å².